The van der Waals surface area contributed by atoms with Crippen molar-refractivity contribution in [2.45, 2.75) is 43.2 Å². The van der Waals surface area contributed by atoms with Crippen LogP contribution in [0.5, 0.6) is 17.2 Å². The summed E-state index contributed by atoms with van der Waals surface area (Å²) in [6, 6.07) is 12.0. The van der Waals surface area contributed by atoms with E-state index < -0.39 is 10.0 Å². The van der Waals surface area contributed by atoms with E-state index in [0.29, 0.717) is 17.2 Å². The Morgan fingerprint density at radius 1 is 1.00 bits per heavy atom. The zero-order valence-corrected chi connectivity index (χ0v) is 15.1. The van der Waals surface area contributed by atoms with Crippen LogP contribution in [0.4, 0.5) is 0 Å². The Balaban J connectivity index is 1.39. The van der Waals surface area contributed by atoms with Crippen molar-refractivity contribution in [3.8, 4) is 17.2 Å². The fourth-order valence-electron chi connectivity index (χ4n) is 3.21. The maximum Gasteiger partial charge on any atom is 0.240 e. The minimum Gasteiger partial charge on any atom is -0.490 e. The van der Waals surface area contributed by atoms with Crippen LogP contribution in [0.2, 0.25) is 0 Å². The molecule has 0 unspecified atom stereocenters. The minimum absolute atomic E-state index is 0.180. The van der Waals surface area contributed by atoms with Gasteiger partial charge in [0.15, 0.2) is 11.5 Å². The van der Waals surface area contributed by atoms with Crippen LogP contribution in [0.15, 0.2) is 47.4 Å². The Labute approximate surface area is 153 Å². The van der Waals surface area contributed by atoms with E-state index in [-0.39, 0.29) is 24.3 Å². The Hall–Kier alpha value is -2.25. The summed E-state index contributed by atoms with van der Waals surface area (Å²) in [5, 5.41) is 0. The molecule has 1 saturated carbocycles. The SMILES string of the molecule is O=S(=O)(NCc1ccc2c(c1)OCO2)c1ccc(OC2CCCC2)cc1. The highest BCUT2D eigenvalue weighted by atomic mass is 32.2. The lowest BCUT2D eigenvalue weighted by atomic mass is 10.2. The molecule has 2 aliphatic rings. The van der Waals surface area contributed by atoms with Gasteiger partial charge in [-0.15, -0.1) is 0 Å². The lowest BCUT2D eigenvalue weighted by Gasteiger charge is -2.13. The Bertz CT molecular complexity index is 873. The highest BCUT2D eigenvalue weighted by Crippen LogP contribution is 2.32. The summed E-state index contributed by atoms with van der Waals surface area (Å²) < 4.78 is 44.0. The van der Waals surface area contributed by atoms with E-state index in [9.17, 15) is 8.42 Å². The molecule has 6 nitrogen and oxygen atoms in total. The van der Waals surface area contributed by atoms with Crippen LogP contribution in [0.25, 0.3) is 0 Å². The van der Waals surface area contributed by atoms with Crippen molar-refractivity contribution in [2.75, 3.05) is 6.79 Å². The second-order valence-corrected chi connectivity index (χ2v) is 8.27. The molecule has 2 aromatic rings. The number of hydrogen-bond acceptors (Lipinski definition) is 5. The van der Waals surface area contributed by atoms with Crippen LogP contribution < -0.4 is 18.9 Å². The van der Waals surface area contributed by atoms with Gasteiger partial charge in [0.25, 0.3) is 0 Å². The maximum atomic E-state index is 12.5. The van der Waals surface area contributed by atoms with Crippen LogP contribution in [0.3, 0.4) is 0 Å². The minimum atomic E-state index is -3.59. The maximum absolute atomic E-state index is 12.5. The number of nitrogens with one attached hydrogen (secondary N) is 1. The second-order valence-electron chi connectivity index (χ2n) is 6.51. The van der Waals surface area contributed by atoms with Crippen molar-refractivity contribution >= 4 is 10.0 Å². The molecule has 0 spiro atoms. The van der Waals surface area contributed by atoms with Crippen LogP contribution in [0, 0.1) is 0 Å². The molecular weight excluding hydrogens is 354 g/mol. The number of hydrogen-bond donors (Lipinski definition) is 1. The topological polar surface area (TPSA) is 73.9 Å². The summed E-state index contributed by atoms with van der Waals surface area (Å²) in [5.41, 5.74) is 0.805. The van der Waals surface area contributed by atoms with Gasteiger partial charge in [0, 0.05) is 6.54 Å². The molecule has 0 saturated heterocycles. The summed E-state index contributed by atoms with van der Waals surface area (Å²) in [4.78, 5) is 0.219. The van der Waals surface area contributed by atoms with E-state index in [1.54, 1.807) is 36.4 Å². The van der Waals surface area contributed by atoms with Crippen molar-refractivity contribution in [3.63, 3.8) is 0 Å². The summed E-state index contributed by atoms with van der Waals surface area (Å²) in [6.45, 7) is 0.374. The molecule has 1 heterocycles. The summed E-state index contributed by atoms with van der Waals surface area (Å²) in [6.07, 6.45) is 4.78. The molecule has 1 N–H and O–H groups in total. The fourth-order valence-corrected chi connectivity index (χ4v) is 4.23. The third kappa shape index (κ3) is 3.78. The van der Waals surface area contributed by atoms with Crippen molar-refractivity contribution in [2.24, 2.45) is 0 Å². The van der Waals surface area contributed by atoms with Crippen molar-refractivity contribution < 1.29 is 22.6 Å². The molecule has 1 fully saturated rings. The molecule has 2 aromatic carbocycles. The lowest BCUT2D eigenvalue weighted by Crippen LogP contribution is -2.23. The van der Waals surface area contributed by atoms with Crippen LogP contribution in [-0.2, 0) is 16.6 Å². The number of ether oxygens (including phenoxy) is 3. The average molecular weight is 375 g/mol. The molecule has 0 bridgehead atoms. The van der Waals surface area contributed by atoms with Crippen LogP contribution >= 0.6 is 0 Å². The standard InChI is InChI=1S/C19H21NO5S/c21-26(22,20-12-14-5-10-18-19(11-14)24-13-23-18)17-8-6-16(7-9-17)25-15-3-1-2-4-15/h5-11,15,20H,1-4,12-13H2. The van der Waals surface area contributed by atoms with Gasteiger partial charge in [-0.2, -0.15) is 0 Å². The number of sulfonamides is 1. The Kier molecular flexibility index (Phi) is 4.74. The molecule has 7 heteroatoms. The first-order chi connectivity index (χ1) is 12.6. The van der Waals surface area contributed by atoms with E-state index in [1.807, 2.05) is 6.07 Å². The molecule has 138 valence electrons. The monoisotopic (exact) mass is 375 g/mol. The van der Waals surface area contributed by atoms with Gasteiger partial charge < -0.3 is 14.2 Å². The van der Waals surface area contributed by atoms with Gasteiger partial charge in [-0.25, -0.2) is 13.1 Å². The largest absolute Gasteiger partial charge is 0.490 e. The third-order valence-electron chi connectivity index (χ3n) is 4.64. The molecule has 0 atom stereocenters. The predicted octanol–water partition coefficient (Wildman–Crippen LogP) is 3.22. The van der Waals surface area contributed by atoms with E-state index in [4.69, 9.17) is 14.2 Å². The second kappa shape index (κ2) is 7.17. The predicted molar refractivity (Wildman–Crippen MR) is 95.9 cm³/mol. The highest BCUT2D eigenvalue weighted by Gasteiger charge is 2.18. The third-order valence-corrected chi connectivity index (χ3v) is 6.06. The molecule has 1 aliphatic carbocycles. The summed E-state index contributed by atoms with van der Waals surface area (Å²) in [5.74, 6) is 2.02. The van der Waals surface area contributed by atoms with E-state index in [2.05, 4.69) is 4.72 Å². The van der Waals surface area contributed by atoms with Gasteiger partial charge in [0.05, 0.1) is 11.0 Å². The first-order valence-electron chi connectivity index (χ1n) is 8.75. The quantitative estimate of drug-likeness (QED) is 0.839. The smallest absolute Gasteiger partial charge is 0.240 e. The van der Waals surface area contributed by atoms with Gasteiger partial charge in [-0.3, -0.25) is 0 Å². The van der Waals surface area contributed by atoms with Crippen molar-refractivity contribution in [3.05, 3.63) is 48.0 Å². The Morgan fingerprint density at radius 3 is 2.50 bits per heavy atom. The average Bonchev–Trinajstić information content (AvgIpc) is 3.31. The first-order valence-corrected chi connectivity index (χ1v) is 10.2. The zero-order chi connectivity index (χ0) is 18.0. The van der Waals surface area contributed by atoms with Crippen molar-refractivity contribution in [1.29, 1.82) is 0 Å². The van der Waals surface area contributed by atoms with Gasteiger partial charge >= 0.3 is 0 Å². The van der Waals surface area contributed by atoms with Crippen LogP contribution in [-0.4, -0.2) is 21.3 Å². The first kappa shape index (κ1) is 17.2. The van der Waals surface area contributed by atoms with E-state index >= 15 is 0 Å². The zero-order valence-electron chi connectivity index (χ0n) is 14.3. The van der Waals surface area contributed by atoms with E-state index in [1.165, 1.54) is 12.8 Å². The van der Waals surface area contributed by atoms with Crippen LogP contribution in [0.1, 0.15) is 31.2 Å². The number of rotatable bonds is 6. The molecule has 1 aliphatic heterocycles. The summed E-state index contributed by atoms with van der Waals surface area (Å²) >= 11 is 0. The van der Waals surface area contributed by atoms with Gasteiger partial charge in [-0.1, -0.05) is 6.07 Å². The number of fused-ring (bicyclic) bond motifs is 1. The van der Waals surface area contributed by atoms with Gasteiger partial charge in [0.2, 0.25) is 16.8 Å². The normalized spacial score (nSPS) is 16.8. The fraction of sp³-hybridized carbons (Fsp3) is 0.368. The number of benzene rings is 2. The molecule has 0 amide bonds. The summed E-state index contributed by atoms with van der Waals surface area (Å²) in [7, 11) is -3.59. The lowest BCUT2D eigenvalue weighted by molar-refractivity contribution is 0.174. The molecule has 26 heavy (non-hydrogen) atoms. The van der Waals surface area contributed by atoms with Crippen molar-refractivity contribution in [1.82, 2.24) is 4.72 Å². The van der Waals surface area contributed by atoms with E-state index in [0.717, 1.165) is 18.4 Å². The van der Waals surface area contributed by atoms with Gasteiger partial charge in [-0.05, 0) is 67.6 Å². The highest BCUT2D eigenvalue weighted by molar-refractivity contribution is 7.89. The Morgan fingerprint density at radius 2 is 1.73 bits per heavy atom. The molecule has 4 rings (SSSR count). The van der Waals surface area contributed by atoms with Gasteiger partial charge in [0.1, 0.15) is 5.75 Å². The molecule has 0 aromatic heterocycles. The molecule has 0 radical (unpaired) electrons. The molecular formula is C19H21NO5S.